The van der Waals surface area contributed by atoms with Gasteiger partial charge in [-0.25, -0.2) is 9.97 Å². The minimum absolute atomic E-state index is 0.119. The molecule has 24 heavy (non-hydrogen) atoms. The molecule has 1 aliphatic heterocycles. The van der Waals surface area contributed by atoms with Crippen LogP contribution in [-0.2, 0) is 19.1 Å². The Bertz CT molecular complexity index is 807. The molecule has 1 amide bonds. The van der Waals surface area contributed by atoms with Crippen LogP contribution in [0.1, 0.15) is 27.2 Å². The summed E-state index contributed by atoms with van der Waals surface area (Å²) < 4.78 is 51.4. The Morgan fingerprint density at radius 1 is 1.25 bits per heavy atom. The van der Waals surface area contributed by atoms with Crippen LogP contribution in [0.4, 0.5) is 23.4 Å². The van der Waals surface area contributed by atoms with Crippen molar-refractivity contribution < 1.29 is 22.4 Å². The molecule has 0 bridgehead atoms. The van der Waals surface area contributed by atoms with Crippen LogP contribution in [0.5, 0.6) is 0 Å². The highest BCUT2D eigenvalue weighted by Crippen LogP contribution is 2.29. The lowest BCUT2D eigenvalue weighted by Gasteiger charge is -2.29. The molecule has 9 heteroatoms. The molecule has 5 nitrogen and oxygen atoms in total. The highest BCUT2D eigenvalue weighted by Gasteiger charge is 2.34. The van der Waals surface area contributed by atoms with Crippen LogP contribution in [0, 0.1) is 5.95 Å². The summed E-state index contributed by atoms with van der Waals surface area (Å²) in [5.74, 6) is -1.90. The fourth-order valence-corrected chi connectivity index (χ4v) is 2.59. The number of nitrogens with two attached hydrogens (primary N) is 1. The molecular weight excluding hydrogens is 328 g/mol. The van der Waals surface area contributed by atoms with E-state index < -0.39 is 29.3 Å². The van der Waals surface area contributed by atoms with Crippen molar-refractivity contribution in [1.29, 1.82) is 0 Å². The summed E-state index contributed by atoms with van der Waals surface area (Å²) in [5, 5.41) is 0. The average molecular weight is 340 g/mol. The first-order valence-electron chi connectivity index (χ1n) is 7.02. The van der Waals surface area contributed by atoms with E-state index in [2.05, 4.69) is 9.97 Å². The second-order valence-electron chi connectivity index (χ2n) is 5.34. The van der Waals surface area contributed by atoms with E-state index in [0.717, 1.165) is 11.6 Å². The molecular formula is C15H12F4N4O. The number of nitrogens with zero attached hydrogens (tertiary/aromatic N) is 3. The zero-order valence-electron chi connectivity index (χ0n) is 12.3. The number of carbonyl (C=O) groups excluding carboxylic acids is 1. The number of hydrogen-bond donors (Lipinski definition) is 1. The first-order chi connectivity index (χ1) is 11.3. The van der Waals surface area contributed by atoms with Crippen molar-refractivity contribution in [2.45, 2.75) is 19.1 Å². The Balaban J connectivity index is 1.87. The maximum atomic E-state index is 13.9. The maximum absolute atomic E-state index is 13.9. The smallest absolute Gasteiger partial charge is 0.383 e. The van der Waals surface area contributed by atoms with Gasteiger partial charge in [0.1, 0.15) is 11.5 Å². The topological polar surface area (TPSA) is 72.1 Å². The number of hydrogen-bond acceptors (Lipinski definition) is 4. The van der Waals surface area contributed by atoms with E-state index in [9.17, 15) is 22.4 Å². The third kappa shape index (κ3) is 2.89. The fraction of sp³-hybridized carbons (Fsp3) is 0.267. The van der Waals surface area contributed by atoms with Crippen molar-refractivity contribution in [1.82, 2.24) is 14.9 Å². The molecule has 0 saturated carbocycles. The molecule has 0 fully saturated rings. The van der Waals surface area contributed by atoms with E-state index in [4.69, 9.17) is 5.73 Å². The van der Waals surface area contributed by atoms with Gasteiger partial charge in [-0.3, -0.25) is 4.79 Å². The lowest BCUT2D eigenvalue weighted by Crippen LogP contribution is -2.37. The van der Waals surface area contributed by atoms with Gasteiger partial charge < -0.3 is 10.6 Å². The molecule has 126 valence electrons. The fourth-order valence-electron chi connectivity index (χ4n) is 2.59. The van der Waals surface area contributed by atoms with Crippen LogP contribution >= 0.6 is 0 Å². The van der Waals surface area contributed by atoms with Crippen molar-refractivity contribution in [3.63, 3.8) is 0 Å². The van der Waals surface area contributed by atoms with E-state index in [1.807, 2.05) is 0 Å². The zero-order chi connectivity index (χ0) is 17.5. The van der Waals surface area contributed by atoms with Crippen molar-refractivity contribution in [3.8, 4) is 0 Å². The zero-order valence-corrected chi connectivity index (χ0v) is 12.3. The molecule has 0 aliphatic carbocycles. The minimum Gasteiger partial charge on any atom is -0.383 e. The molecule has 0 radical (unpaired) electrons. The highest BCUT2D eigenvalue weighted by atomic mass is 19.4. The summed E-state index contributed by atoms with van der Waals surface area (Å²) in [7, 11) is 0. The Labute approximate surface area is 134 Å². The summed E-state index contributed by atoms with van der Waals surface area (Å²) in [4.78, 5) is 20.5. The number of alkyl halides is 3. The predicted molar refractivity (Wildman–Crippen MR) is 76.3 cm³/mol. The van der Waals surface area contributed by atoms with Gasteiger partial charge in [-0.1, -0.05) is 0 Å². The van der Waals surface area contributed by atoms with Gasteiger partial charge in [0.05, 0.1) is 5.56 Å². The summed E-state index contributed by atoms with van der Waals surface area (Å²) in [6, 6.07) is 3.17. The van der Waals surface area contributed by atoms with Crippen LogP contribution < -0.4 is 5.73 Å². The molecule has 2 N–H and O–H groups in total. The number of carbonyl (C=O) groups is 1. The standard InChI is InChI=1S/C15H12F4N4O/c16-12-9(1-2-11(22-12)15(17,18)19)14(24)23-6-4-8-3-5-21-13(20)10(8)7-23/h1-3,5H,4,6-7H2,(H2,20,21). The van der Waals surface area contributed by atoms with Crippen molar-refractivity contribution in [3.05, 3.63) is 52.7 Å². The summed E-state index contributed by atoms with van der Waals surface area (Å²) in [6.45, 7) is 0.421. The van der Waals surface area contributed by atoms with E-state index >= 15 is 0 Å². The number of amides is 1. The monoisotopic (exact) mass is 340 g/mol. The Morgan fingerprint density at radius 2 is 2.00 bits per heavy atom. The molecule has 0 atom stereocenters. The van der Waals surface area contributed by atoms with Gasteiger partial charge >= 0.3 is 6.18 Å². The molecule has 3 heterocycles. The number of halogens is 4. The molecule has 2 aromatic heterocycles. The Hall–Kier alpha value is -2.71. The summed E-state index contributed by atoms with van der Waals surface area (Å²) >= 11 is 0. The minimum atomic E-state index is -4.77. The lowest BCUT2D eigenvalue weighted by atomic mass is 10.0. The van der Waals surface area contributed by atoms with Crippen LogP contribution in [0.15, 0.2) is 24.4 Å². The van der Waals surface area contributed by atoms with Gasteiger partial charge in [0.15, 0.2) is 0 Å². The highest BCUT2D eigenvalue weighted by molar-refractivity contribution is 5.94. The van der Waals surface area contributed by atoms with Gasteiger partial charge in [0.2, 0.25) is 5.95 Å². The third-order valence-corrected chi connectivity index (χ3v) is 3.84. The van der Waals surface area contributed by atoms with Gasteiger partial charge in [-0.2, -0.15) is 17.6 Å². The summed E-state index contributed by atoms with van der Waals surface area (Å²) in [5.41, 5.74) is 5.50. The largest absolute Gasteiger partial charge is 0.433 e. The maximum Gasteiger partial charge on any atom is 0.433 e. The normalized spacial score (nSPS) is 14.4. The Kier molecular flexibility index (Phi) is 3.86. The molecule has 0 saturated heterocycles. The number of rotatable bonds is 1. The molecule has 2 aromatic rings. The molecule has 3 rings (SSSR count). The number of nitrogen functional groups attached to an aromatic ring is 1. The van der Waals surface area contributed by atoms with E-state index in [-0.39, 0.29) is 12.4 Å². The quantitative estimate of drug-likeness (QED) is 0.639. The van der Waals surface area contributed by atoms with Crippen molar-refractivity contribution in [2.75, 3.05) is 12.3 Å². The number of anilines is 1. The number of pyridine rings is 2. The van der Waals surface area contributed by atoms with Crippen molar-refractivity contribution in [2.24, 2.45) is 0 Å². The van der Waals surface area contributed by atoms with E-state index in [1.165, 1.54) is 4.90 Å². The molecule has 0 unspecified atom stereocenters. The van der Waals surface area contributed by atoms with Crippen LogP contribution in [0.25, 0.3) is 0 Å². The summed E-state index contributed by atoms with van der Waals surface area (Å²) in [6.07, 6.45) is -2.71. The van der Waals surface area contributed by atoms with Gasteiger partial charge in [0.25, 0.3) is 5.91 Å². The second kappa shape index (κ2) is 5.73. The number of aromatic nitrogens is 2. The average Bonchev–Trinajstić information content (AvgIpc) is 2.53. The van der Waals surface area contributed by atoms with Gasteiger partial charge in [-0.15, -0.1) is 0 Å². The first kappa shape index (κ1) is 16.2. The SMILES string of the molecule is Nc1nccc2c1CN(C(=O)c1ccc(C(F)(F)F)nc1F)CC2. The van der Waals surface area contributed by atoms with E-state index in [1.54, 1.807) is 12.3 Å². The predicted octanol–water partition coefficient (Wildman–Crippen LogP) is 2.42. The van der Waals surface area contributed by atoms with Crippen molar-refractivity contribution >= 4 is 11.7 Å². The van der Waals surface area contributed by atoms with Gasteiger partial charge in [0, 0.05) is 24.8 Å². The van der Waals surface area contributed by atoms with Crippen LogP contribution in [0.2, 0.25) is 0 Å². The molecule has 0 spiro atoms. The molecule has 0 aromatic carbocycles. The second-order valence-corrected chi connectivity index (χ2v) is 5.34. The first-order valence-corrected chi connectivity index (χ1v) is 7.02. The van der Waals surface area contributed by atoms with Crippen LogP contribution in [0.3, 0.4) is 0 Å². The van der Waals surface area contributed by atoms with Gasteiger partial charge in [-0.05, 0) is 30.2 Å². The Morgan fingerprint density at radius 3 is 2.67 bits per heavy atom. The molecule has 1 aliphatic rings. The third-order valence-electron chi connectivity index (χ3n) is 3.84. The van der Waals surface area contributed by atoms with E-state index in [0.29, 0.717) is 24.6 Å². The number of fused-ring (bicyclic) bond motifs is 1. The lowest BCUT2D eigenvalue weighted by molar-refractivity contribution is -0.141. The van der Waals surface area contributed by atoms with Crippen LogP contribution in [-0.4, -0.2) is 27.3 Å².